The molecule has 0 aliphatic heterocycles. The second-order valence-electron chi connectivity index (χ2n) is 4.31. The number of pyridine rings is 1. The van der Waals surface area contributed by atoms with E-state index in [1.165, 1.54) is 13.4 Å². The molecule has 0 saturated carbocycles. The summed E-state index contributed by atoms with van der Waals surface area (Å²) in [5.74, 6) is -0.507. The highest BCUT2D eigenvalue weighted by molar-refractivity contribution is 6.35. The number of fused-ring (bicyclic) bond motifs is 1. The van der Waals surface area contributed by atoms with Crippen LogP contribution in [0.3, 0.4) is 0 Å². The molecule has 0 radical (unpaired) electrons. The smallest absolute Gasteiger partial charge is 0.356 e. The third-order valence-corrected chi connectivity index (χ3v) is 3.30. The molecule has 0 fully saturated rings. The van der Waals surface area contributed by atoms with Gasteiger partial charge >= 0.3 is 5.97 Å². The van der Waals surface area contributed by atoms with E-state index in [0.717, 1.165) is 16.5 Å². The Bertz CT molecular complexity index is 836. The predicted molar refractivity (Wildman–Crippen MR) is 79.1 cm³/mol. The number of carbonyl (C=O) groups is 1. The topological polar surface area (TPSA) is 65.0 Å². The van der Waals surface area contributed by atoms with Crippen LogP contribution in [0, 0.1) is 0 Å². The lowest BCUT2D eigenvalue weighted by Gasteiger charge is -2.06. The van der Waals surface area contributed by atoms with E-state index < -0.39 is 5.97 Å². The maximum atomic E-state index is 11.5. The molecule has 2 aromatic heterocycles. The summed E-state index contributed by atoms with van der Waals surface area (Å²) in [4.78, 5) is 23.8. The second-order valence-corrected chi connectivity index (χ2v) is 4.72. The zero-order valence-electron chi connectivity index (χ0n) is 11.1. The molecule has 0 aliphatic rings. The number of methoxy groups -OCH3 is 1. The summed E-state index contributed by atoms with van der Waals surface area (Å²) in [6, 6.07) is 9.00. The van der Waals surface area contributed by atoms with Crippen molar-refractivity contribution in [1.82, 2.24) is 15.0 Å². The van der Waals surface area contributed by atoms with E-state index in [1.54, 1.807) is 18.3 Å². The number of carbonyl (C=O) groups excluding carboxylic acids is 1. The first kappa shape index (κ1) is 13.5. The molecule has 104 valence electrons. The first-order chi connectivity index (χ1) is 10.2. The number of ether oxygens (including phenoxy) is 1. The van der Waals surface area contributed by atoms with Gasteiger partial charge in [0.2, 0.25) is 0 Å². The maximum absolute atomic E-state index is 11.5. The molecule has 6 heteroatoms. The monoisotopic (exact) mass is 299 g/mol. The van der Waals surface area contributed by atoms with Crippen molar-refractivity contribution in [3.63, 3.8) is 0 Å². The van der Waals surface area contributed by atoms with Gasteiger partial charge in [-0.15, -0.1) is 0 Å². The molecular weight excluding hydrogens is 290 g/mol. The van der Waals surface area contributed by atoms with Gasteiger partial charge in [-0.1, -0.05) is 17.7 Å². The van der Waals surface area contributed by atoms with Crippen molar-refractivity contribution < 1.29 is 9.53 Å². The van der Waals surface area contributed by atoms with Crippen LogP contribution in [-0.2, 0) is 4.74 Å². The van der Waals surface area contributed by atoms with E-state index in [0.29, 0.717) is 10.7 Å². The van der Waals surface area contributed by atoms with E-state index in [4.69, 9.17) is 11.6 Å². The van der Waals surface area contributed by atoms with Gasteiger partial charge in [0, 0.05) is 17.1 Å². The number of halogens is 1. The summed E-state index contributed by atoms with van der Waals surface area (Å²) in [6.07, 6.45) is 3.01. The minimum atomic E-state index is -0.507. The molecule has 21 heavy (non-hydrogen) atoms. The summed E-state index contributed by atoms with van der Waals surface area (Å²) in [5, 5.41) is 1.43. The molecule has 0 atom stereocenters. The minimum absolute atomic E-state index is 0.199. The Labute approximate surface area is 125 Å². The van der Waals surface area contributed by atoms with Gasteiger partial charge in [0.1, 0.15) is 6.33 Å². The van der Waals surface area contributed by atoms with E-state index in [9.17, 15) is 4.79 Å². The van der Waals surface area contributed by atoms with Crippen molar-refractivity contribution in [3.05, 3.63) is 53.6 Å². The molecule has 0 saturated heterocycles. The van der Waals surface area contributed by atoms with E-state index in [-0.39, 0.29) is 5.69 Å². The third-order valence-electron chi connectivity index (χ3n) is 3.02. The van der Waals surface area contributed by atoms with Gasteiger partial charge in [0.25, 0.3) is 0 Å². The number of esters is 1. The largest absolute Gasteiger partial charge is 0.464 e. The van der Waals surface area contributed by atoms with Crippen LogP contribution in [0.2, 0.25) is 5.02 Å². The van der Waals surface area contributed by atoms with Gasteiger partial charge in [-0.25, -0.2) is 14.8 Å². The minimum Gasteiger partial charge on any atom is -0.464 e. The molecule has 0 N–H and O–H groups in total. The van der Waals surface area contributed by atoms with Crippen molar-refractivity contribution >= 4 is 28.5 Å². The zero-order valence-corrected chi connectivity index (χ0v) is 11.8. The first-order valence-corrected chi connectivity index (χ1v) is 6.52. The summed E-state index contributed by atoms with van der Waals surface area (Å²) >= 11 is 6.24. The molecule has 0 unspecified atom stereocenters. The van der Waals surface area contributed by atoms with Crippen molar-refractivity contribution in [2.75, 3.05) is 7.11 Å². The van der Waals surface area contributed by atoms with Gasteiger partial charge < -0.3 is 4.74 Å². The van der Waals surface area contributed by atoms with Gasteiger partial charge in [0.15, 0.2) is 5.69 Å². The van der Waals surface area contributed by atoms with Crippen LogP contribution in [-0.4, -0.2) is 28.0 Å². The predicted octanol–water partition coefficient (Wildman–Crippen LogP) is 3.13. The number of hydrogen-bond acceptors (Lipinski definition) is 5. The fourth-order valence-electron chi connectivity index (χ4n) is 2.03. The van der Waals surface area contributed by atoms with Crippen molar-refractivity contribution in [2.24, 2.45) is 0 Å². The molecule has 3 aromatic rings. The number of rotatable bonds is 2. The lowest BCUT2D eigenvalue weighted by Crippen LogP contribution is -2.04. The van der Waals surface area contributed by atoms with Crippen molar-refractivity contribution in [1.29, 1.82) is 0 Å². The lowest BCUT2D eigenvalue weighted by molar-refractivity contribution is 0.0594. The quantitative estimate of drug-likeness (QED) is 0.680. The molecule has 3 rings (SSSR count). The van der Waals surface area contributed by atoms with E-state index in [2.05, 4.69) is 19.7 Å². The zero-order chi connectivity index (χ0) is 14.8. The Morgan fingerprint density at radius 2 is 2.05 bits per heavy atom. The first-order valence-electron chi connectivity index (χ1n) is 6.14. The van der Waals surface area contributed by atoms with Gasteiger partial charge in [0.05, 0.1) is 23.3 Å². The number of aromatic nitrogens is 3. The second kappa shape index (κ2) is 5.46. The molecule has 2 heterocycles. The highest BCUT2D eigenvalue weighted by Gasteiger charge is 2.11. The van der Waals surface area contributed by atoms with Crippen LogP contribution >= 0.6 is 11.6 Å². The van der Waals surface area contributed by atoms with Crippen LogP contribution in [0.5, 0.6) is 0 Å². The fourth-order valence-corrected chi connectivity index (χ4v) is 2.30. The Kier molecular flexibility index (Phi) is 3.50. The van der Waals surface area contributed by atoms with Crippen LogP contribution in [0.4, 0.5) is 0 Å². The molecular formula is C15H10ClN3O2. The van der Waals surface area contributed by atoms with Crippen LogP contribution in [0.1, 0.15) is 10.5 Å². The molecule has 0 spiro atoms. The molecule has 0 aliphatic carbocycles. The summed E-state index contributed by atoms with van der Waals surface area (Å²) in [7, 11) is 1.31. The average molecular weight is 300 g/mol. The molecule has 5 nitrogen and oxygen atoms in total. The maximum Gasteiger partial charge on any atom is 0.356 e. The van der Waals surface area contributed by atoms with Gasteiger partial charge in [-0.2, -0.15) is 0 Å². The van der Waals surface area contributed by atoms with E-state index in [1.807, 2.05) is 18.2 Å². The third kappa shape index (κ3) is 2.55. The highest BCUT2D eigenvalue weighted by Crippen LogP contribution is 2.28. The number of benzene rings is 1. The standard InChI is InChI=1S/C15H10ClN3O2/c1-21-15(20)13-7-12(18-8-19-13)10-5-9-3-2-4-17-14(9)11(16)6-10/h2-8H,1H3. The molecule has 0 bridgehead atoms. The average Bonchev–Trinajstić information content (AvgIpc) is 2.54. The Balaban J connectivity index is 2.14. The fraction of sp³-hybridized carbons (Fsp3) is 0.0667. The van der Waals surface area contributed by atoms with Gasteiger partial charge in [-0.3, -0.25) is 4.98 Å². The van der Waals surface area contributed by atoms with Crippen LogP contribution in [0.15, 0.2) is 42.9 Å². The highest BCUT2D eigenvalue weighted by atomic mass is 35.5. The van der Waals surface area contributed by atoms with Gasteiger partial charge in [-0.05, 0) is 24.3 Å². The van der Waals surface area contributed by atoms with Crippen LogP contribution in [0.25, 0.3) is 22.2 Å². The molecule has 1 aromatic carbocycles. The summed E-state index contributed by atoms with van der Waals surface area (Å²) in [5.41, 5.74) is 2.31. The SMILES string of the molecule is COC(=O)c1cc(-c2cc(Cl)c3ncccc3c2)ncn1. The number of nitrogens with zero attached hydrogens (tertiary/aromatic N) is 3. The van der Waals surface area contributed by atoms with Crippen LogP contribution < -0.4 is 0 Å². The number of hydrogen-bond donors (Lipinski definition) is 0. The Hall–Kier alpha value is -2.53. The Morgan fingerprint density at radius 1 is 1.19 bits per heavy atom. The summed E-state index contributed by atoms with van der Waals surface area (Å²) < 4.78 is 4.66. The van der Waals surface area contributed by atoms with E-state index >= 15 is 0 Å². The summed E-state index contributed by atoms with van der Waals surface area (Å²) in [6.45, 7) is 0. The normalized spacial score (nSPS) is 10.6. The molecule has 0 amide bonds. The lowest BCUT2D eigenvalue weighted by atomic mass is 10.1. The Morgan fingerprint density at radius 3 is 2.86 bits per heavy atom. The van der Waals surface area contributed by atoms with Crippen molar-refractivity contribution in [2.45, 2.75) is 0 Å². The van der Waals surface area contributed by atoms with Crippen molar-refractivity contribution in [3.8, 4) is 11.3 Å².